The van der Waals surface area contributed by atoms with Crippen molar-refractivity contribution in [2.24, 2.45) is 17.8 Å². The van der Waals surface area contributed by atoms with Crippen molar-refractivity contribution in [1.82, 2.24) is 0 Å². The van der Waals surface area contributed by atoms with Gasteiger partial charge in [-0.15, -0.1) is 0 Å². The molecule has 0 amide bonds. The highest BCUT2D eigenvalue weighted by Crippen LogP contribution is 2.21. The Balaban J connectivity index is 4.23. The summed E-state index contributed by atoms with van der Waals surface area (Å²) in [5, 5.41) is 0. The van der Waals surface area contributed by atoms with Gasteiger partial charge in [0.25, 0.3) is 0 Å². The van der Waals surface area contributed by atoms with Crippen LogP contribution in [0.25, 0.3) is 0 Å². The number of hydrogen-bond acceptors (Lipinski definition) is 6. The Hall–Kier alpha value is 0.995. The van der Waals surface area contributed by atoms with Gasteiger partial charge >= 0.3 is 7.32 Å². The van der Waals surface area contributed by atoms with E-state index in [0.717, 1.165) is 56.8 Å². The molecule has 3 nitrogen and oxygen atoms in total. The molecule has 0 aliphatic rings. The predicted octanol–water partition coefficient (Wildman–Crippen LogP) is 12.2. The largest absolute Gasteiger partial charge is 0.639 e. The van der Waals surface area contributed by atoms with Crippen LogP contribution in [0.4, 0.5) is 0 Å². The zero-order valence-electron chi connectivity index (χ0n) is 29.9. The average Bonchev–Trinajstić information content (AvgIpc) is 3.03. The molecule has 0 saturated carbocycles. The maximum absolute atomic E-state index is 6.10. The first-order valence-electron chi connectivity index (χ1n) is 18.7. The van der Waals surface area contributed by atoms with E-state index in [-0.39, 0.29) is 0 Å². The summed E-state index contributed by atoms with van der Waals surface area (Å²) in [6.07, 6.45) is 23.1. The van der Waals surface area contributed by atoms with Crippen molar-refractivity contribution in [3.05, 3.63) is 0 Å². The molecule has 0 bridgehead atoms. The van der Waals surface area contributed by atoms with Gasteiger partial charge in [-0.25, -0.2) is 0 Å². The van der Waals surface area contributed by atoms with Gasteiger partial charge in [-0.3, -0.25) is 0 Å². The van der Waals surface area contributed by atoms with E-state index in [4.69, 9.17) is 14.0 Å². The van der Waals surface area contributed by atoms with Gasteiger partial charge in [0.05, 0.1) is 0 Å². The number of thioether (sulfide) groups is 3. The lowest BCUT2D eigenvalue weighted by atomic mass is 10.0. The van der Waals surface area contributed by atoms with Gasteiger partial charge in [-0.05, 0) is 110 Å². The molecule has 0 N–H and O–H groups in total. The minimum atomic E-state index is -0.497. The van der Waals surface area contributed by atoms with Crippen LogP contribution in [0.1, 0.15) is 157 Å². The van der Waals surface area contributed by atoms with Crippen molar-refractivity contribution in [2.45, 2.75) is 157 Å². The van der Waals surface area contributed by atoms with Crippen molar-refractivity contribution >= 4 is 42.6 Å². The molecule has 0 aliphatic heterocycles. The average molecular weight is 663 g/mol. The van der Waals surface area contributed by atoms with Gasteiger partial charge in [-0.2, -0.15) is 35.3 Å². The molecule has 258 valence electrons. The van der Waals surface area contributed by atoms with E-state index in [2.05, 4.69) is 76.8 Å². The van der Waals surface area contributed by atoms with E-state index < -0.39 is 7.32 Å². The first-order chi connectivity index (χ1) is 21.1. The Labute approximate surface area is 284 Å². The summed E-state index contributed by atoms with van der Waals surface area (Å²) in [5.74, 6) is 10.4. The fourth-order valence-corrected chi connectivity index (χ4v) is 8.98. The second-order valence-electron chi connectivity index (χ2n) is 12.5. The third-order valence-electron chi connectivity index (χ3n) is 8.50. The molecule has 0 aromatic carbocycles. The smallest absolute Gasteiger partial charge is 0.386 e. The molecule has 43 heavy (non-hydrogen) atoms. The topological polar surface area (TPSA) is 27.7 Å². The molecule has 0 spiro atoms. The zero-order chi connectivity index (χ0) is 31.6. The molecule has 0 radical (unpaired) electrons. The summed E-state index contributed by atoms with van der Waals surface area (Å²) < 4.78 is 18.3. The van der Waals surface area contributed by atoms with Gasteiger partial charge in [0, 0.05) is 19.8 Å². The molecule has 0 aromatic heterocycles. The van der Waals surface area contributed by atoms with Crippen LogP contribution in [0.2, 0.25) is 0 Å². The first-order valence-corrected chi connectivity index (χ1v) is 22.2. The molecule has 3 atom stereocenters. The SMILES string of the molecule is CCCCC(CC)CSCCCCOB(OCCCCSCC(CC)CCCC)OCCCCSCC(CC)CCCC. The highest BCUT2D eigenvalue weighted by Gasteiger charge is 2.21. The summed E-state index contributed by atoms with van der Waals surface area (Å²) in [6.45, 7) is 16.1. The third-order valence-corrected chi connectivity index (χ3v) is 12.4. The van der Waals surface area contributed by atoms with E-state index in [1.54, 1.807) is 0 Å². The second kappa shape index (κ2) is 35.8. The number of unbranched alkanes of at least 4 members (excludes halogenated alkanes) is 6. The normalized spacial score (nSPS) is 13.8. The minimum absolute atomic E-state index is 0.497. The quantitative estimate of drug-likeness (QED) is 0.0490. The number of hydrogen-bond donors (Lipinski definition) is 0. The highest BCUT2D eigenvalue weighted by molar-refractivity contribution is 7.99. The molecule has 0 saturated heterocycles. The fourth-order valence-electron chi connectivity index (χ4n) is 5.05. The molecule has 0 heterocycles. The summed E-state index contributed by atoms with van der Waals surface area (Å²) in [7, 11) is -0.497. The molecule has 7 heteroatoms. The van der Waals surface area contributed by atoms with Crippen LogP contribution in [-0.4, -0.2) is 61.7 Å². The van der Waals surface area contributed by atoms with Crippen LogP contribution in [0, 0.1) is 17.8 Å². The molecular formula is C36H75BO3S3. The van der Waals surface area contributed by atoms with Crippen molar-refractivity contribution in [3.63, 3.8) is 0 Å². The molecular weight excluding hydrogens is 587 g/mol. The summed E-state index contributed by atoms with van der Waals surface area (Å²) in [5.41, 5.74) is 0. The van der Waals surface area contributed by atoms with Crippen molar-refractivity contribution in [2.75, 3.05) is 54.3 Å². The van der Waals surface area contributed by atoms with E-state index >= 15 is 0 Å². The maximum atomic E-state index is 6.10. The summed E-state index contributed by atoms with van der Waals surface area (Å²) >= 11 is 6.40. The molecule has 0 rings (SSSR count). The van der Waals surface area contributed by atoms with Crippen LogP contribution >= 0.6 is 35.3 Å². The summed E-state index contributed by atoms with van der Waals surface area (Å²) in [4.78, 5) is 0. The van der Waals surface area contributed by atoms with Crippen LogP contribution in [-0.2, 0) is 14.0 Å². The Bertz CT molecular complexity index is 461. The predicted molar refractivity (Wildman–Crippen MR) is 203 cm³/mol. The number of rotatable bonds is 36. The Morgan fingerprint density at radius 2 is 0.721 bits per heavy atom. The van der Waals surface area contributed by atoms with Crippen LogP contribution in [0.15, 0.2) is 0 Å². The second-order valence-corrected chi connectivity index (χ2v) is 15.9. The minimum Gasteiger partial charge on any atom is -0.386 e. The molecule has 0 fully saturated rings. The van der Waals surface area contributed by atoms with Crippen LogP contribution in [0.3, 0.4) is 0 Å². The van der Waals surface area contributed by atoms with Gasteiger partial charge in [0.2, 0.25) is 0 Å². The van der Waals surface area contributed by atoms with Gasteiger partial charge < -0.3 is 14.0 Å². The molecule has 3 unspecified atom stereocenters. The van der Waals surface area contributed by atoms with E-state index in [9.17, 15) is 0 Å². The van der Waals surface area contributed by atoms with Gasteiger partial charge in [0.1, 0.15) is 0 Å². The first kappa shape index (κ1) is 44.0. The van der Waals surface area contributed by atoms with E-state index in [0.29, 0.717) is 0 Å². The summed E-state index contributed by atoms with van der Waals surface area (Å²) in [6, 6.07) is 0. The van der Waals surface area contributed by atoms with Crippen LogP contribution < -0.4 is 0 Å². The Kier molecular flexibility index (Phi) is 36.7. The lowest BCUT2D eigenvalue weighted by Crippen LogP contribution is -2.29. The third kappa shape index (κ3) is 30.1. The van der Waals surface area contributed by atoms with Gasteiger partial charge in [-0.1, -0.05) is 99.3 Å². The Morgan fingerprint density at radius 1 is 0.419 bits per heavy atom. The van der Waals surface area contributed by atoms with E-state index in [1.165, 1.54) is 131 Å². The zero-order valence-corrected chi connectivity index (χ0v) is 32.3. The monoisotopic (exact) mass is 662 g/mol. The van der Waals surface area contributed by atoms with Crippen LogP contribution in [0.5, 0.6) is 0 Å². The highest BCUT2D eigenvalue weighted by atomic mass is 32.2. The standard InChI is InChI=1S/C36H75BO3S3/c1-7-13-22-34(10-4)31-41-28-19-16-25-38-37(39-26-17-20-29-42-32-35(11-5)23-14-8-2)40-27-18-21-30-43-33-36(12-6)24-15-9-3/h34-36H,7-33H2,1-6H3. The molecule has 0 aliphatic carbocycles. The fraction of sp³-hybridized carbons (Fsp3) is 1.00. The lowest BCUT2D eigenvalue weighted by Gasteiger charge is -2.16. The maximum Gasteiger partial charge on any atom is 0.639 e. The van der Waals surface area contributed by atoms with Crippen molar-refractivity contribution in [1.29, 1.82) is 0 Å². The van der Waals surface area contributed by atoms with Crippen molar-refractivity contribution in [3.8, 4) is 0 Å². The van der Waals surface area contributed by atoms with E-state index in [1.807, 2.05) is 0 Å². The lowest BCUT2D eigenvalue weighted by molar-refractivity contribution is 0.0900. The Morgan fingerprint density at radius 3 is 0.977 bits per heavy atom. The molecule has 0 aromatic rings. The van der Waals surface area contributed by atoms with Crippen molar-refractivity contribution < 1.29 is 14.0 Å². The van der Waals surface area contributed by atoms with Gasteiger partial charge in [0.15, 0.2) is 0 Å².